The van der Waals surface area contributed by atoms with Gasteiger partial charge in [0.25, 0.3) is 0 Å². The van der Waals surface area contributed by atoms with Crippen molar-refractivity contribution in [3.63, 3.8) is 0 Å². The van der Waals surface area contributed by atoms with Crippen molar-refractivity contribution in [2.24, 2.45) is 5.73 Å². The van der Waals surface area contributed by atoms with Crippen LogP contribution in [0, 0.1) is 0 Å². The molecule has 0 saturated carbocycles. The SMILES string of the molecule is NC[C@H](O)[C@@H](F)[C@H](O)[C@H](O)CO. The molecule has 0 aliphatic carbocycles. The van der Waals surface area contributed by atoms with Crippen molar-refractivity contribution in [1.82, 2.24) is 0 Å². The summed E-state index contributed by atoms with van der Waals surface area (Å²) in [7, 11) is 0. The first-order chi connectivity index (χ1) is 5.54. The lowest BCUT2D eigenvalue weighted by molar-refractivity contribution is -0.0824. The average Bonchev–Trinajstić information content (AvgIpc) is 2.12. The van der Waals surface area contributed by atoms with Crippen molar-refractivity contribution >= 4 is 0 Å². The molecule has 0 rings (SSSR count). The van der Waals surface area contributed by atoms with Crippen molar-refractivity contribution < 1.29 is 24.8 Å². The first-order valence-electron chi connectivity index (χ1n) is 3.53. The van der Waals surface area contributed by atoms with Gasteiger partial charge in [-0.15, -0.1) is 0 Å². The Kier molecular flexibility index (Phi) is 5.27. The Morgan fingerprint density at radius 3 is 2.00 bits per heavy atom. The van der Waals surface area contributed by atoms with Crippen molar-refractivity contribution in [2.75, 3.05) is 13.2 Å². The lowest BCUT2D eigenvalue weighted by atomic mass is 10.1. The summed E-state index contributed by atoms with van der Waals surface area (Å²) in [5, 5.41) is 34.7. The van der Waals surface area contributed by atoms with Crippen molar-refractivity contribution in [3.8, 4) is 0 Å². The molecule has 4 atom stereocenters. The highest BCUT2D eigenvalue weighted by Crippen LogP contribution is 2.08. The standard InChI is InChI=1S/C6H14FNO4/c7-5(3(10)1-8)6(12)4(11)2-9/h3-6,9-12H,1-2,8H2/t3-,4+,5+,6+/m0/s1. The topological polar surface area (TPSA) is 107 Å². The predicted octanol–water partition coefficient (Wildman–Crippen LogP) is -2.64. The van der Waals surface area contributed by atoms with Gasteiger partial charge in [-0.1, -0.05) is 0 Å². The van der Waals surface area contributed by atoms with E-state index in [0.717, 1.165) is 0 Å². The fraction of sp³-hybridized carbons (Fsp3) is 1.00. The number of nitrogens with two attached hydrogens (primary N) is 1. The third kappa shape index (κ3) is 3.00. The summed E-state index contributed by atoms with van der Waals surface area (Å²) in [6.07, 6.45) is -6.98. The number of hydrogen-bond acceptors (Lipinski definition) is 5. The molecule has 6 heteroatoms. The summed E-state index contributed by atoms with van der Waals surface area (Å²) in [4.78, 5) is 0. The number of aliphatic hydroxyl groups is 4. The monoisotopic (exact) mass is 183 g/mol. The Labute approximate surface area is 69.2 Å². The fourth-order valence-electron chi connectivity index (χ4n) is 0.678. The summed E-state index contributed by atoms with van der Waals surface area (Å²) >= 11 is 0. The number of aliphatic hydroxyl groups excluding tert-OH is 4. The molecule has 0 aromatic heterocycles. The summed E-state index contributed by atoms with van der Waals surface area (Å²) < 4.78 is 12.8. The minimum atomic E-state index is -2.04. The Morgan fingerprint density at radius 1 is 1.17 bits per heavy atom. The minimum absolute atomic E-state index is 0.351. The van der Waals surface area contributed by atoms with Gasteiger partial charge in [0.1, 0.15) is 18.3 Å². The molecule has 0 aliphatic rings. The van der Waals surface area contributed by atoms with Gasteiger partial charge in [0.15, 0.2) is 6.17 Å². The summed E-state index contributed by atoms with van der Waals surface area (Å²) in [6, 6.07) is 0. The third-order valence-electron chi connectivity index (χ3n) is 1.52. The van der Waals surface area contributed by atoms with Crippen LogP contribution in [0.3, 0.4) is 0 Å². The van der Waals surface area contributed by atoms with Crippen molar-refractivity contribution in [2.45, 2.75) is 24.5 Å². The third-order valence-corrected chi connectivity index (χ3v) is 1.52. The van der Waals surface area contributed by atoms with E-state index in [1.54, 1.807) is 0 Å². The van der Waals surface area contributed by atoms with Crippen LogP contribution in [0.2, 0.25) is 0 Å². The number of hydrogen-bond donors (Lipinski definition) is 5. The minimum Gasteiger partial charge on any atom is -0.394 e. The molecule has 0 radical (unpaired) electrons. The second-order valence-electron chi connectivity index (χ2n) is 2.49. The molecule has 0 fully saturated rings. The Morgan fingerprint density at radius 2 is 1.67 bits per heavy atom. The summed E-state index contributed by atoms with van der Waals surface area (Å²) in [6.45, 7) is -1.12. The van der Waals surface area contributed by atoms with Gasteiger partial charge in [0.05, 0.1) is 6.61 Å². The first kappa shape index (κ1) is 11.7. The van der Waals surface area contributed by atoms with Crippen LogP contribution in [-0.4, -0.2) is 58.1 Å². The molecule has 0 aliphatic heterocycles. The van der Waals surface area contributed by atoms with E-state index in [-0.39, 0.29) is 6.54 Å². The highest BCUT2D eigenvalue weighted by molar-refractivity contribution is 4.81. The van der Waals surface area contributed by atoms with Crippen LogP contribution in [0.15, 0.2) is 0 Å². The lowest BCUT2D eigenvalue weighted by Gasteiger charge is -2.22. The van der Waals surface area contributed by atoms with Gasteiger partial charge >= 0.3 is 0 Å². The van der Waals surface area contributed by atoms with Crippen LogP contribution >= 0.6 is 0 Å². The van der Waals surface area contributed by atoms with E-state index in [9.17, 15) is 4.39 Å². The smallest absolute Gasteiger partial charge is 0.155 e. The van der Waals surface area contributed by atoms with E-state index in [1.807, 2.05) is 0 Å². The van der Waals surface area contributed by atoms with Crippen LogP contribution in [0.1, 0.15) is 0 Å². The predicted molar refractivity (Wildman–Crippen MR) is 39.1 cm³/mol. The summed E-state index contributed by atoms with van der Waals surface area (Å²) in [5.41, 5.74) is 4.91. The van der Waals surface area contributed by atoms with Crippen LogP contribution < -0.4 is 5.73 Å². The fourth-order valence-corrected chi connectivity index (χ4v) is 0.678. The molecule has 0 unspecified atom stereocenters. The van der Waals surface area contributed by atoms with Gasteiger partial charge < -0.3 is 26.2 Å². The summed E-state index contributed by atoms with van der Waals surface area (Å²) in [5.74, 6) is 0. The molecule has 0 saturated heterocycles. The largest absolute Gasteiger partial charge is 0.394 e. The van der Waals surface area contributed by atoms with Gasteiger partial charge in [-0.3, -0.25) is 0 Å². The molecule has 5 nitrogen and oxygen atoms in total. The highest BCUT2D eigenvalue weighted by atomic mass is 19.1. The molecule has 12 heavy (non-hydrogen) atoms. The van der Waals surface area contributed by atoms with Crippen molar-refractivity contribution in [3.05, 3.63) is 0 Å². The van der Waals surface area contributed by atoms with E-state index in [2.05, 4.69) is 0 Å². The molecular formula is C6H14FNO4. The molecule has 74 valence electrons. The van der Waals surface area contributed by atoms with Gasteiger partial charge in [-0.05, 0) is 0 Å². The van der Waals surface area contributed by atoms with E-state index >= 15 is 0 Å². The van der Waals surface area contributed by atoms with E-state index in [0.29, 0.717) is 0 Å². The van der Waals surface area contributed by atoms with Gasteiger partial charge in [0, 0.05) is 6.54 Å². The Hall–Kier alpha value is -0.270. The second-order valence-corrected chi connectivity index (χ2v) is 2.49. The second kappa shape index (κ2) is 5.39. The highest BCUT2D eigenvalue weighted by Gasteiger charge is 2.30. The maximum absolute atomic E-state index is 12.8. The van der Waals surface area contributed by atoms with Crippen LogP contribution in [0.25, 0.3) is 0 Å². The molecule has 0 heterocycles. The van der Waals surface area contributed by atoms with Gasteiger partial charge in [-0.2, -0.15) is 0 Å². The van der Waals surface area contributed by atoms with Crippen LogP contribution in [0.4, 0.5) is 4.39 Å². The van der Waals surface area contributed by atoms with Gasteiger partial charge in [-0.25, -0.2) is 4.39 Å². The maximum Gasteiger partial charge on any atom is 0.155 e. The molecular weight excluding hydrogens is 169 g/mol. The van der Waals surface area contributed by atoms with E-state index in [1.165, 1.54) is 0 Å². The molecule has 0 aromatic carbocycles. The lowest BCUT2D eigenvalue weighted by Crippen LogP contribution is -2.45. The van der Waals surface area contributed by atoms with E-state index < -0.39 is 31.1 Å². The normalized spacial score (nSPS) is 21.5. The quantitative estimate of drug-likeness (QED) is 0.320. The Balaban J connectivity index is 3.99. The number of rotatable bonds is 5. The molecule has 0 spiro atoms. The molecule has 0 aromatic rings. The zero-order valence-corrected chi connectivity index (χ0v) is 6.47. The zero-order chi connectivity index (χ0) is 9.72. The molecule has 0 bridgehead atoms. The maximum atomic E-state index is 12.8. The Bertz CT molecular complexity index is 112. The van der Waals surface area contributed by atoms with Crippen molar-refractivity contribution in [1.29, 1.82) is 0 Å². The number of halogens is 1. The van der Waals surface area contributed by atoms with Crippen LogP contribution in [-0.2, 0) is 0 Å². The first-order valence-corrected chi connectivity index (χ1v) is 3.53. The van der Waals surface area contributed by atoms with Gasteiger partial charge in [0.2, 0.25) is 0 Å². The van der Waals surface area contributed by atoms with Crippen LogP contribution in [0.5, 0.6) is 0 Å². The zero-order valence-electron chi connectivity index (χ0n) is 6.47. The number of alkyl halides is 1. The van der Waals surface area contributed by atoms with E-state index in [4.69, 9.17) is 26.2 Å². The molecule has 0 amide bonds. The average molecular weight is 183 g/mol. The molecule has 6 N–H and O–H groups in total.